The monoisotopic (exact) mass is 395 g/mol. The molecule has 1 saturated heterocycles. The quantitative estimate of drug-likeness (QED) is 0.789. The molecule has 0 aliphatic carbocycles. The summed E-state index contributed by atoms with van der Waals surface area (Å²) < 4.78 is 11.7. The number of benzene rings is 1. The maximum Gasteiger partial charge on any atom is 0.306 e. The zero-order valence-corrected chi connectivity index (χ0v) is 16.3. The molecule has 3 rings (SSSR count). The fraction of sp³-hybridized carbons (Fsp3) is 0.421. The first-order valence-corrected chi connectivity index (χ1v) is 9.67. The number of methoxy groups -OCH3 is 2. The predicted molar refractivity (Wildman–Crippen MR) is 103 cm³/mol. The maximum atomic E-state index is 11.3. The highest BCUT2D eigenvalue weighted by Gasteiger charge is 2.32. The predicted octanol–water partition coefficient (Wildman–Crippen LogP) is 4.30. The molecular formula is C19H22ClNO4S. The number of rotatable bonds is 6. The summed E-state index contributed by atoms with van der Waals surface area (Å²) in [6.45, 7) is 1.41. The van der Waals surface area contributed by atoms with E-state index in [9.17, 15) is 9.90 Å². The molecule has 140 valence electrons. The van der Waals surface area contributed by atoms with E-state index < -0.39 is 5.97 Å². The average molecular weight is 396 g/mol. The number of nitrogens with zero attached hydrogens (tertiary/aromatic N) is 1. The van der Waals surface area contributed by atoms with Crippen molar-refractivity contribution >= 4 is 28.9 Å². The number of thiophene rings is 1. The van der Waals surface area contributed by atoms with Crippen molar-refractivity contribution in [2.24, 2.45) is 5.92 Å². The first kappa shape index (κ1) is 19.0. The molecule has 1 fully saturated rings. The third-order valence-corrected chi connectivity index (χ3v) is 6.12. The number of piperidine rings is 1. The van der Waals surface area contributed by atoms with E-state index in [2.05, 4.69) is 4.90 Å². The number of carbonyl (C=O) groups is 1. The highest BCUT2D eigenvalue weighted by atomic mass is 35.5. The summed E-state index contributed by atoms with van der Waals surface area (Å²) in [5.41, 5.74) is 0.999. The molecular weight excluding hydrogens is 374 g/mol. The summed E-state index contributed by atoms with van der Waals surface area (Å²) in [6, 6.07) is 9.64. The van der Waals surface area contributed by atoms with Gasteiger partial charge < -0.3 is 14.6 Å². The highest BCUT2D eigenvalue weighted by Crippen LogP contribution is 2.42. The number of hydrogen-bond donors (Lipinski definition) is 1. The minimum atomic E-state index is -0.709. The Balaban J connectivity index is 1.99. The molecule has 1 aliphatic rings. The Bertz CT molecular complexity index is 771. The van der Waals surface area contributed by atoms with Crippen molar-refractivity contribution in [2.45, 2.75) is 18.9 Å². The number of carboxylic acids is 1. The van der Waals surface area contributed by atoms with Crippen LogP contribution in [-0.4, -0.2) is 43.3 Å². The largest absolute Gasteiger partial charge is 0.497 e. The number of halogens is 1. The van der Waals surface area contributed by atoms with Gasteiger partial charge in [-0.25, -0.2) is 0 Å². The van der Waals surface area contributed by atoms with Crippen LogP contribution in [-0.2, 0) is 4.79 Å². The highest BCUT2D eigenvalue weighted by molar-refractivity contribution is 7.16. The fourth-order valence-electron chi connectivity index (χ4n) is 3.46. The van der Waals surface area contributed by atoms with E-state index >= 15 is 0 Å². The molecule has 2 heterocycles. The van der Waals surface area contributed by atoms with Gasteiger partial charge >= 0.3 is 5.97 Å². The molecule has 1 unspecified atom stereocenters. The lowest BCUT2D eigenvalue weighted by atomic mass is 9.93. The van der Waals surface area contributed by atoms with E-state index in [1.165, 1.54) is 11.3 Å². The Labute approximate surface area is 162 Å². The molecule has 5 nitrogen and oxygen atoms in total. The van der Waals surface area contributed by atoms with Gasteiger partial charge in [-0.05, 0) is 56.3 Å². The summed E-state index contributed by atoms with van der Waals surface area (Å²) in [5.74, 6) is 0.555. The average Bonchev–Trinajstić information content (AvgIpc) is 3.08. The molecule has 1 aliphatic heterocycles. The molecule has 0 amide bonds. The van der Waals surface area contributed by atoms with Crippen LogP contribution >= 0.6 is 22.9 Å². The normalized spacial score (nSPS) is 17.0. The van der Waals surface area contributed by atoms with Gasteiger partial charge in [0.2, 0.25) is 0 Å². The Morgan fingerprint density at radius 3 is 2.50 bits per heavy atom. The van der Waals surface area contributed by atoms with Gasteiger partial charge in [0.25, 0.3) is 0 Å². The Morgan fingerprint density at radius 2 is 1.96 bits per heavy atom. The fourth-order valence-corrected chi connectivity index (χ4v) is 4.68. The second-order valence-corrected chi connectivity index (χ2v) is 8.05. The lowest BCUT2D eigenvalue weighted by molar-refractivity contribution is -0.143. The zero-order valence-electron chi connectivity index (χ0n) is 14.8. The molecule has 0 spiro atoms. The molecule has 0 radical (unpaired) electrons. The van der Waals surface area contributed by atoms with Crippen molar-refractivity contribution in [2.75, 3.05) is 27.3 Å². The van der Waals surface area contributed by atoms with Crippen molar-refractivity contribution in [3.05, 3.63) is 45.1 Å². The van der Waals surface area contributed by atoms with Crippen molar-refractivity contribution in [3.63, 3.8) is 0 Å². The minimum absolute atomic E-state index is 0.0488. The second kappa shape index (κ2) is 8.29. The second-order valence-electron chi connectivity index (χ2n) is 6.30. The molecule has 1 aromatic carbocycles. The van der Waals surface area contributed by atoms with Crippen molar-refractivity contribution < 1.29 is 19.4 Å². The van der Waals surface area contributed by atoms with E-state index in [4.69, 9.17) is 21.1 Å². The van der Waals surface area contributed by atoms with Gasteiger partial charge in [-0.1, -0.05) is 11.6 Å². The van der Waals surface area contributed by atoms with Gasteiger partial charge in [0, 0.05) is 10.4 Å². The third kappa shape index (κ3) is 3.98. The summed E-state index contributed by atoms with van der Waals surface area (Å²) in [7, 11) is 3.29. The van der Waals surface area contributed by atoms with E-state index in [1.807, 2.05) is 30.3 Å². The zero-order chi connectivity index (χ0) is 18.7. The van der Waals surface area contributed by atoms with Gasteiger partial charge in [0.1, 0.15) is 11.5 Å². The van der Waals surface area contributed by atoms with Crippen LogP contribution in [0.15, 0.2) is 30.3 Å². The number of aliphatic carboxylic acids is 1. The van der Waals surface area contributed by atoms with Gasteiger partial charge in [-0.15, -0.1) is 11.3 Å². The lowest BCUT2D eigenvalue weighted by Crippen LogP contribution is -2.39. The maximum absolute atomic E-state index is 11.3. The molecule has 0 saturated carbocycles. The molecule has 0 bridgehead atoms. The van der Waals surface area contributed by atoms with Gasteiger partial charge in [-0.3, -0.25) is 9.69 Å². The van der Waals surface area contributed by atoms with Crippen LogP contribution in [0.1, 0.15) is 29.3 Å². The minimum Gasteiger partial charge on any atom is -0.497 e. The van der Waals surface area contributed by atoms with Crippen molar-refractivity contribution in [1.82, 2.24) is 4.90 Å². The molecule has 2 aromatic rings. The van der Waals surface area contributed by atoms with E-state index in [-0.39, 0.29) is 12.0 Å². The Morgan fingerprint density at radius 1 is 1.23 bits per heavy atom. The van der Waals surface area contributed by atoms with Crippen LogP contribution in [0.3, 0.4) is 0 Å². The first-order valence-electron chi connectivity index (χ1n) is 8.47. The van der Waals surface area contributed by atoms with Gasteiger partial charge in [0.15, 0.2) is 0 Å². The summed E-state index contributed by atoms with van der Waals surface area (Å²) in [6.07, 6.45) is 1.27. The van der Waals surface area contributed by atoms with Gasteiger partial charge in [-0.2, -0.15) is 0 Å². The van der Waals surface area contributed by atoms with Crippen LogP contribution in [0.4, 0.5) is 0 Å². The van der Waals surface area contributed by atoms with E-state index in [1.54, 1.807) is 14.2 Å². The lowest BCUT2D eigenvalue weighted by Gasteiger charge is -2.37. The van der Waals surface area contributed by atoms with Gasteiger partial charge in [0.05, 0.1) is 30.5 Å². The SMILES string of the molecule is COc1ccc(OC)c(C(c2ccc(Cl)s2)N2CCC(C(=O)O)CC2)c1. The molecule has 1 aromatic heterocycles. The van der Waals surface area contributed by atoms with Crippen LogP contribution < -0.4 is 9.47 Å². The third-order valence-electron chi connectivity index (χ3n) is 4.84. The number of hydrogen-bond acceptors (Lipinski definition) is 5. The van der Waals surface area contributed by atoms with Crippen molar-refractivity contribution in [1.29, 1.82) is 0 Å². The molecule has 26 heavy (non-hydrogen) atoms. The molecule has 7 heteroatoms. The van der Waals surface area contributed by atoms with Crippen LogP contribution in [0.25, 0.3) is 0 Å². The summed E-state index contributed by atoms with van der Waals surface area (Å²) in [5, 5.41) is 9.28. The van der Waals surface area contributed by atoms with E-state index in [0.717, 1.165) is 26.3 Å². The number of ether oxygens (including phenoxy) is 2. The summed E-state index contributed by atoms with van der Waals surface area (Å²) >= 11 is 7.73. The molecule has 1 atom stereocenters. The number of likely N-dealkylation sites (tertiary alicyclic amines) is 1. The summed E-state index contributed by atoms with van der Waals surface area (Å²) in [4.78, 5) is 14.7. The van der Waals surface area contributed by atoms with E-state index in [0.29, 0.717) is 25.9 Å². The van der Waals surface area contributed by atoms with Crippen LogP contribution in [0, 0.1) is 5.92 Å². The van der Waals surface area contributed by atoms with Crippen LogP contribution in [0.5, 0.6) is 11.5 Å². The topological polar surface area (TPSA) is 59.0 Å². The number of carboxylic acid groups (broad SMARTS) is 1. The standard InChI is InChI=1S/C19H22ClNO4S/c1-24-13-3-4-15(25-2)14(11-13)18(16-5-6-17(20)26-16)21-9-7-12(8-10-21)19(22)23/h3-6,11-12,18H,7-10H2,1-2H3,(H,22,23). The van der Waals surface area contributed by atoms with Crippen LogP contribution in [0.2, 0.25) is 4.34 Å². The molecule has 1 N–H and O–H groups in total. The Kier molecular flexibility index (Phi) is 6.06. The Hall–Kier alpha value is -1.76. The van der Waals surface area contributed by atoms with Crippen molar-refractivity contribution in [3.8, 4) is 11.5 Å². The first-order chi connectivity index (χ1) is 12.5. The smallest absolute Gasteiger partial charge is 0.306 e.